The highest BCUT2D eigenvalue weighted by atomic mass is 32.2. The molecule has 0 aliphatic rings. The molecule has 7 heteroatoms. The Hall–Kier alpha value is -2.54. The van der Waals surface area contributed by atoms with Crippen molar-refractivity contribution in [3.8, 4) is 11.5 Å². The summed E-state index contributed by atoms with van der Waals surface area (Å²) >= 11 is 0. The fourth-order valence-electron chi connectivity index (χ4n) is 2.36. The van der Waals surface area contributed by atoms with Crippen LogP contribution in [0.15, 0.2) is 39.6 Å². The van der Waals surface area contributed by atoms with E-state index < -0.39 is 10.1 Å². The number of ether oxygens (including phenoxy) is 1. The third-order valence-corrected chi connectivity index (χ3v) is 4.99. The summed E-state index contributed by atoms with van der Waals surface area (Å²) in [7, 11) is -2.62. The van der Waals surface area contributed by atoms with Crippen LogP contribution in [0.3, 0.4) is 0 Å². The van der Waals surface area contributed by atoms with Crippen molar-refractivity contribution in [1.29, 1.82) is 0 Å². The van der Waals surface area contributed by atoms with Crippen molar-refractivity contribution in [2.24, 2.45) is 0 Å². The summed E-state index contributed by atoms with van der Waals surface area (Å²) < 4.78 is 41.1. The van der Waals surface area contributed by atoms with Gasteiger partial charge in [-0.2, -0.15) is 8.42 Å². The van der Waals surface area contributed by atoms with Crippen LogP contribution in [0.2, 0.25) is 0 Å². The predicted molar refractivity (Wildman–Crippen MR) is 89.0 cm³/mol. The first kappa shape index (κ1) is 16.3. The van der Waals surface area contributed by atoms with Gasteiger partial charge in [0.2, 0.25) is 0 Å². The largest absolute Gasteiger partial charge is 0.495 e. The zero-order valence-corrected chi connectivity index (χ0v) is 14.6. The van der Waals surface area contributed by atoms with Gasteiger partial charge in [0.15, 0.2) is 11.5 Å². The monoisotopic (exact) mass is 347 g/mol. The van der Waals surface area contributed by atoms with Crippen molar-refractivity contribution in [3.05, 3.63) is 47.3 Å². The van der Waals surface area contributed by atoms with Crippen LogP contribution in [0, 0.1) is 20.8 Å². The fourth-order valence-corrected chi connectivity index (χ4v) is 3.52. The Balaban J connectivity index is 2.02. The van der Waals surface area contributed by atoms with Crippen LogP contribution in [0.4, 0.5) is 0 Å². The van der Waals surface area contributed by atoms with Gasteiger partial charge in [0.05, 0.1) is 7.11 Å². The second-order valence-electron chi connectivity index (χ2n) is 5.49. The lowest BCUT2D eigenvalue weighted by molar-refractivity contribution is 0.397. The molecule has 0 unspecified atom stereocenters. The Morgan fingerprint density at radius 1 is 1.04 bits per heavy atom. The molecule has 6 nitrogen and oxygen atoms in total. The molecule has 1 aromatic heterocycles. The van der Waals surface area contributed by atoms with Gasteiger partial charge in [0.25, 0.3) is 0 Å². The molecule has 0 amide bonds. The van der Waals surface area contributed by atoms with Crippen LogP contribution in [-0.2, 0) is 10.1 Å². The zero-order chi connectivity index (χ0) is 17.5. The van der Waals surface area contributed by atoms with Gasteiger partial charge in [-0.3, -0.25) is 0 Å². The number of nitrogens with zero attached hydrogens (tertiary/aromatic N) is 1. The van der Waals surface area contributed by atoms with Crippen LogP contribution in [0.25, 0.3) is 11.1 Å². The van der Waals surface area contributed by atoms with Crippen LogP contribution in [0.1, 0.15) is 17.0 Å². The lowest BCUT2D eigenvalue weighted by Gasteiger charge is -2.13. The van der Waals surface area contributed by atoms with E-state index in [9.17, 15) is 8.42 Å². The number of benzene rings is 2. The maximum absolute atomic E-state index is 12.6. The normalized spacial score (nSPS) is 11.7. The van der Waals surface area contributed by atoms with Gasteiger partial charge in [-0.1, -0.05) is 0 Å². The zero-order valence-electron chi connectivity index (χ0n) is 13.8. The minimum Gasteiger partial charge on any atom is -0.495 e. The van der Waals surface area contributed by atoms with Gasteiger partial charge in [0, 0.05) is 13.0 Å². The minimum atomic E-state index is -4.04. The quantitative estimate of drug-likeness (QED) is 0.672. The first-order valence-electron chi connectivity index (χ1n) is 7.27. The van der Waals surface area contributed by atoms with E-state index in [1.54, 1.807) is 25.1 Å². The molecule has 0 saturated heterocycles. The van der Waals surface area contributed by atoms with Crippen molar-refractivity contribution >= 4 is 21.2 Å². The summed E-state index contributed by atoms with van der Waals surface area (Å²) in [6.45, 7) is 5.44. The molecule has 3 rings (SSSR count). The fraction of sp³-hybridized carbons (Fsp3) is 0.235. The highest BCUT2D eigenvalue weighted by molar-refractivity contribution is 7.87. The maximum atomic E-state index is 12.6. The minimum absolute atomic E-state index is 0.00969. The topological polar surface area (TPSA) is 78.6 Å². The molecule has 2 aromatic carbocycles. The molecule has 0 aliphatic carbocycles. The van der Waals surface area contributed by atoms with Crippen molar-refractivity contribution in [2.45, 2.75) is 25.7 Å². The van der Waals surface area contributed by atoms with E-state index in [4.69, 9.17) is 13.3 Å². The van der Waals surface area contributed by atoms with Gasteiger partial charge in [0.1, 0.15) is 21.9 Å². The Bertz CT molecular complexity index is 1020. The van der Waals surface area contributed by atoms with Crippen molar-refractivity contribution < 1.29 is 21.8 Å². The first-order chi connectivity index (χ1) is 11.3. The molecule has 3 aromatic rings. The van der Waals surface area contributed by atoms with Gasteiger partial charge >= 0.3 is 10.1 Å². The third-order valence-electron chi connectivity index (χ3n) is 3.72. The number of hydrogen-bond donors (Lipinski definition) is 0. The first-order valence-corrected chi connectivity index (χ1v) is 8.68. The molecule has 126 valence electrons. The molecule has 24 heavy (non-hydrogen) atoms. The second kappa shape index (κ2) is 5.83. The summed E-state index contributed by atoms with van der Waals surface area (Å²) in [4.78, 5) is 4.16. The van der Waals surface area contributed by atoms with E-state index >= 15 is 0 Å². The van der Waals surface area contributed by atoms with Gasteiger partial charge in [-0.15, -0.1) is 0 Å². The molecular formula is C17H17NO5S. The molecule has 0 bridgehead atoms. The van der Waals surface area contributed by atoms with Gasteiger partial charge in [-0.25, -0.2) is 4.98 Å². The smallest absolute Gasteiger partial charge is 0.342 e. The highest BCUT2D eigenvalue weighted by Gasteiger charge is 2.23. The van der Waals surface area contributed by atoms with Crippen molar-refractivity contribution in [3.63, 3.8) is 0 Å². The van der Waals surface area contributed by atoms with Gasteiger partial charge in [-0.05, 0) is 49.2 Å². The number of rotatable bonds is 4. The molecule has 0 N–H and O–H groups in total. The molecule has 0 aliphatic heterocycles. The van der Waals surface area contributed by atoms with Crippen LogP contribution in [-0.4, -0.2) is 20.5 Å². The average molecular weight is 347 g/mol. The summed E-state index contributed by atoms with van der Waals surface area (Å²) in [5.41, 5.74) is 2.87. The molecular weight excluding hydrogens is 330 g/mol. The SMILES string of the molecule is COc1cc(C)c(C)cc1S(=O)(=O)Oc1ccc2oc(C)nc2c1. The van der Waals surface area contributed by atoms with E-state index in [1.165, 1.54) is 19.2 Å². The highest BCUT2D eigenvalue weighted by Crippen LogP contribution is 2.30. The molecule has 0 saturated carbocycles. The molecule has 0 spiro atoms. The summed E-state index contributed by atoms with van der Waals surface area (Å²) in [6, 6.07) is 7.89. The Labute approximate surface area is 140 Å². The summed E-state index contributed by atoms with van der Waals surface area (Å²) in [5, 5.41) is 0. The second-order valence-corrected chi connectivity index (χ2v) is 7.00. The van der Waals surface area contributed by atoms with Crippen LogP contribution in [0.5, 0.6) is 11.5 Å². The van der Waals surface area contributed by atoms with Crippen LogP contribution >= 0.6 is 0 Å². The maximum Gasteiger partial charge on any atom is 0.342 e. The number of oxazole rings is 1. The molecule has 0 radical (unpaired) electrons. The van der Waals surface area contributed by atoms with E-state index in [1.807, 2.05) is 13.8 Å². The third kappa shape index (κ3) is 2.94. The van der Waals surface area contributed by atoms with Gasteiger partial charge < -0.3 is 13.3 Å². The summed E-state index contributed by atoms with van der Waals surface area (Å²) in [5.74, 6) is 0.911. The Morgan fingerprint density at radius 3 is 2.46 bits per heavy atom. The van der Waals surface area contributed by atoms with E-state index in [0.29, 0.717) is 17.0 Å². The number of fused-ring (bicyclic) bond motifs is 1. The predicted octanol–water partition coefficient (Wildman–Crippen LogP) is 3.53. The lowest BCUT2D eigenvalue weighted by atomic mass is 10.1. The number of hydrogen-bond acceptors (Lipinski definition) is 6. The molecule has 0 atom stereocenters. The van der Waals surface area contributed by atoms with E-state index in [-0.39, 0.29) is 16.4 Å². The molecule has 0 fully saturated rings. The number of methoxy groups -OCH3 is 1. The number of aryl methyl sites for hydroxylation is 3. The average Bonchev–Trinajstić information content (AvgIpc) is 2.88. The molecule has 1 heterocycles. The number of aromatic nitrogens is 1. The van der Waals surface area contributed by atoms with Crippen molar-refractivity contribution in [1.82, 2.24) is 4.98 Å². The Morgan fingerprint density at radius 2 is 1.75 bits per heavy atom. The van der Waals surface area contributed by atoms with Crippen molar-refractivity contribution in [2.75, 3.05) is 7.11 Å². The van der Waals surface area contributed by atoms with E-state index in [2.05, 4.69) is 4.98 Å². The van der Waals surface area contributed by atoms with Crippen LogP contribution < -0.4 is 8.92 Å². The Kier molecular flexibility index (Phi) is 3.96. The van der Waals surface area contributed by atoms with E-state index in [0.717, 1.165) is 11.1 Å². The lowest BCUT2D eigenvalue weighted by Crippen LogP contribution is -2.12. The standard InChI is InChI=1S/C17H17NO5S/c1-10-7-16(21-4)17(8-11(10)2)24(19,20)23-13-5-6-15-14(9-13)18-12(3)22-15/h5-9H,1-4H3. The summed E-state index contributed by atoms with van der Waals surface area (Å²) in [6.07, 6.45) is 0.